The average molecular weight is 290 g/mol. The molecular weight excluding hydrogens is 264 g/mol. The zero-order valence-corrected chi connectivity index (χ0v) is 13.4. The van der Waals surface area contributed by atoms with Gasteiger partial charge in [-0.1, -0.05) is 0 Å². The van der Waals surface area contributed by atoms with Crippen molar-refractivity contribution in [2.45, 2.75) is 19.9 Å². The zero-order chi connectivity index (χ0) is 15.2. The second-order valence-corrected chi connectivity index (χ2v) is 6.09. The van der Waals surface area contributed by atoms with Crippen LogP contribution in [-0.2, 0) is 11.3 Å². The summed E-state index contributed by atoms with van der Waals surface area (Å²) in [6.45, 7) is 8.13. The third-order valence-electron chi connectivity index (χ3n) is 4.18. The molecule has 1 atom stereocenters. The molecule has 1 fully saturated rings. The van der Waals surface area contributed by atoms with Crippen LogP contribution in [0.5, 0.6) is 0 Å². The molecule has 0 unspecified atom stereocenters. The standard InChI is InChI=1S/C16H26N4O/c1-13-15(9-17)8-16(18-13)12-19(2)10-14-4-5-20(11-14)6-7-21-3/h8,14,18H,4-7,10-12H2,1-3H3/t14-/m0/s1. The molecule has 5 heteroatoms. The number of nitrogens with one attached hydrogen (secondary N) is 1. The lowest BCUT2D eigenvalue weighted by Crippen LogP contribution is -2.29. The van der Waals surface area contributed by atoms with Crippen LogP contribution < -0.4 is 0 Å². The lowest BCUT2D eigenvalue weighted by Gasteiger charge is -2.21. The fourth-order valence-electron chi connectivity index (χ4n) is 3.11. The molecule has 1 aliphatic heterocycles. The second-order valence-electron chi connectivity index (χ2n) is 6.09. The van der Waals surface area contributed by atoms with Gasteiger partial charge in [0.25, 0.3) is 0 Å². The van der Waals surface area contributed by atoms with Crippen LogP contribution in [0.3, 0.4) is 0 Å². The van der Waals surface area contributed by atoms with Crippen molar-refractivity contribution in [1.29, 1.82) is 5.26 Å². The molecule has 0 bridgehead atoms. The number of aryl methyl sites for hydroxylation is 1. The van der Waals surface area contributed by atoms with Crippen LogP contribution in [-0.4, -0.2) is 61.7 Å². The lowest BCUT2D eigenvalue weighted by atomic mass is 10.1. The smallest absolute Gasteiger partial charge is 0.101 e. The number of aromatic nitrogens is 1. The quantitative estimate of drug-likeness (QED) is 0.828. The molecule has 0 amide bonds. The topological polar surface area (TPSA) is 55.3 Å². The number of nitrogens with zero attached hydrogens (tertiary/aromatic N) is 3. The third kappa shape index (κ3) is 4.57. The van der Waals surface area contributed by atoms with E-state index in [9.17, 15) is 0 Å². The van der Waals surface area contributed by atoms with Crippen molar-refractivity contribution >= 4 is 0 Å². The van der Waals surface area contributed by atoms with Crippen molar-refractivity contribution in [3.8, 4) is 6.07 Å². The molecule has 0 aliphatic carbocycles. The number of H-pyrrole nitrogens is 1. The SMILES string of the molecule is COCCN1CC[C@@H](CN(C)Cc2cc(C#N)c(C)[nH]2)C1. The van der Waals surface area contributed by atoms with Crippen LogP contribution in [0, 0.1) is 24.2 Å². The van der Waals surface area contributed by atoms with Gasteiger partial charge in [-0.2, -0.15) is 5.26 Å². The first-order valence-corrected chi connectivity index (χ1v) is 7.60. The van der Waals surface area contributed by atoms with Crippen molar-refractivity contribution in [3.05, 3.63) is 23.0 Å². The van der Waals surface area contributed by atoms with Crippen molar-refractivity contribution in [2.24, 2.45) is 5.92 Å². The summed E-state index contributed by atoms with van der Waals surface area (Å²) in [5.74, 6) is 0.735. The predicted molar refractivity (Wildman–Crippen MR) is 83.0 cm³/mol. The summed E-state index contributed by atoms with van der Waals surface area (Å²) in [6, 6.07) is 4.18. The number of nitriles is 1. The summed E-state index contributed by atoms with van der Waals surface area (Å²) in [5, 5.41) is 9.00. The molecule has 116 valence electrons. The Hall–Kier alpha value is -1.35. The van der Waals surface area contributed by atoms with Crippen LogP contribution in [0.15, 0.2) is 6.07 Å². The summed E-state index contributed by atoms with van der Waals surface area (Å²) in [7, 11) is 3.91. The van der Waals surface area contributed by atoms with Gasteiger partial charge in [0.05, 0.1) is 12.2 Å². The molecule has 2 rings (SSSR count). The van der Waals surface area contributed by atoms with Crippen molar-refractivity contribution < 1.29 is 4.74 Å². The number of rotatable bonds is 7. The molecule has 0 aromatic carbocycles. The number of hydrogen-bond acceptors (Lipinski definition) is 4. The number of likely N-dealkylation sites (tertiary alicyclic amines) is 1. The van der Waals surface area contributed by atoms with Crippen LogP contribution in [0.25, 0.3) is 0 Å². The Labute approximate surface area is 127 Å². The zero-order valence-electron chi connectivity index (χ0n) is 13.4. The molecule has 1 aromatic rings. The first-order chi connectivity index (χ1) is 10.1. The maximum atomic E-state index is 9.00. The molecule has 0 spiro atoms. The molecule has 1 aliphatic rings. The summed E-state index contributed by atoms with van der Waals surface area (Å²) < 4.78 is 5.14. The van der Waals surface area contributed by atoms with E-state index in [-0.39, 0.29) is 0 Å². The van der Waals surface area contributed by atoms with E-state index in [2.05, 4.69) is 27.9 Å². The van der Waals surface area contributed by atoms with Gasteiger partial charge in [-0.05, 0) is 38.9 Å². The van der Waals surface area contributed by atoms with Gasteiger partial charge in [-0.3, -0.25) is 0 Å². The van der Waals surface area contributed by atoms with E-state index in [4.69, 9.17) is 10.00 Å². The van der Waals surface area contributed by atoms with E-state index in [0.29, 0.717) is 0 Å². The molecule has 0 saturated carbocycles. The summed E-state index contributed by atoms with van der Waals surface area (Å²) in [6.07, 6.45) is 1.27. The molecular formula is C16H26N4O. The minimum Gasteiger partial charge on any atom is -0.383 e. The minimum atomic E-state index is 0.735. The highest BCUT2D eigenvalue weighted by Gasteiger charge is 2.23. The van der Waals surface area contributed by atoms with Gasteiger partial charge in [0.2, 0.25) is 0 Å². The normalized spacial score (nSPS) is 19.3. The second kappa shape index (κ2) is 7.60. The Balaban J connectivity index is 1.77. The minimum absolute atomic E-state index is 0.735. The molecule has 21 heavy (non-hydrogen) atoms. The fourth-order valence-corrected chi connectivity index (χ4v) is 3.11. The summed E-state index contributed by atoms with van der Waals surface area (Å²) in [4.78, 5) is 8.12. The molecule has 1 saturated heterocycles. The van der Waals surface area contributed by atoms with Crippen LogP contribution in [0.1, 0.15) is 23.4 Å². The van der Waals surface area contributed by atoms with E-state index in [1.165, 1.54) is 19.5 Å². The fraction of sp³-hybridized carbons (Fsp3) is 0.688. The van der Waals surface area contributed by atoms with Gasteiger partial charge < -0.3 is 19.5 Å². The highest BCUT2D eigenvalue weighted by molar-refractivity contribution is 5.35. The van der Waals surface area contributed by atoms with E-state index in [1.807, 2.05) is 13.0 Å². The molecule has 1 aromatic heterocycles. The van der Waals surface area contributed by atoms with Gasteiger partial charge >= 0.3 is 0 Å². The highest BCUT2D eigenvalue weighted by atomic mass is 16.5. The third-order valence-corrected chi connectivity index (χ3v) is 4.18. The Morgan fingerprint density at radius 3 is 3.05 bits per heavy atom. The van der Waals surface area contributed by atoms with E-state index in [0.717, 1.165) is 49.1 Å². The average Bonchev–Trinajstić information content (AvgIpc) is 3.02. The van der Waals surface area contributed by atoms with Gasteiger partial charge in [0.15, 0.2) is 0 Å². The summed E-state index contributed by atoms with van der Waals surface area (Å²) in [5.41, 5.74) is 2.85. The highest BCUT2D eigenvalue weighted by Crippen LogP contribution is 2.18. The first kappa shape index (κ1) is 16.0. The number of hydrogen-bond donors (Lipinski definition) is 1. The van der Waals surface area contributed by atoms with Crippen LogP contribution in [0.2, 0.25) is 0 Å². The van der Waals surface area contributed by atoms with E-state index in [1.54, 1.807) is 7.11 Å². The van der Waals surface area contributed by atoms with Crippen molar-refractivity contribution in [2.75, 3.05) is 46.9 Å². The Bertz CT molecular complexity index is 491. The number of methoxy groups -OCH3 is 1. The molecule has 0 radical (unpaired) electrons. The largest absolute Gasteiger partial charge is 0.383 e. The monoisotopic (exact) mass is 290 g/mol. The van der Waals surface area contributed by atoms with Crippen LogP contribution >= 0.6 is 0 Å². The Morgan fingerprint density at radius 1 is 1.57 bits per heavy atom. The van der Waals surface area contributed by atoms with E-state index >= 15 is 0 Å². The van der Waals surface area contributed by atoms with Gasteiger partial charge in [0, 0.05) is 44.7 Å². The van der Waals surface area contributed by atoms with Gasteiger partial charge in [-0.15, -0.1) is 0 Å². The maximum absolute atomic E-state index is 9.00. The van der Waals surface area contributed by atoms with Crippen molar-refractivity contribution in [3.63, 3.8) is 0 Å². The molecule has 5 nitrogen and oxygen atoms in total. The summed E-state index contributed by atoms with van der Waals surface area (Å²) >= 11 is 0. The Kier molecular flexibility index (Phi) is 5.80. The van der Waals surface area contributed by atoms with Gasteiger partial charge in [0.1, 0.15) is 6.07 Å². The number of ether oxygens (including phenoxy) is 1. The van der Waals surface area contributed by atoms with E-state index < -0.39 is 0 Å². The maximum Gasteiger partial charge on any atom is 0.101 e. The molecule has 2 heterocycles. The first-order valence-electron chi connectivity index (χ1n) is 7.60. The predicted octanol–water partition coefficient (Wildman–Crippen LogP) is 1.59. The lowest BCUT2D eigenvalue weighted by molar-refractivity contribution is 0.157. The molecule has 1 N–H and O–H groups in total. The van der Waals surface area contributed by atoms with Crippen molar-refractivity contribution in [1.82, 2.24) is 14.8 Å². The Morgan fingerprint density at radius 2 is 2.38 bits per heavy atom. The van der Waals surface area contributed by atoms with Gasteiger partial charge in [-0.25, -0.2) is 0 Å². The number of aromatic amines is 1. The van der Waals surface area contributed by atoms with Crippen LogP contribution in [0.4, 0.5) is 0 Å².